The molecular formula is C22H37F3N2. The van der Waals surface area contributed by atoms with E-state index in [0.717, 1.165) is 19.3 Å². The Kier molecular flexibility index (Phi) is 7.82. The maximum Gasteiger partial charge on any atom is 0.395 e. The Bertz CT molecular complexity index is 532. The summed E-state index contributed by atoms with van der Waals surface area (Å²) >= 11 is 0. The molecule has 3 unspecified atom stereocenters. The molecule has 0 saturated heterocycles. The first kappa shape index (κ1) is 22.3. The molecule has 156 valence electrons. The van der Waals surface area contributed by atoms with Crippen LogP contribution in [-0.2, 0) is 0 Å². The van der Waals surface area contributed by atoms with Gasteiger partial charge in [-0.15, -0.1) is 0 Å². The molecule has 0 amide bonds. The van der Waals surface area contributed by atoms with Crippen molar-refractivity contribution in [2.45, 2.75) is 91.2 Å². The van der Waals surface area contributed by atoms with Crippen LogP contribution in [0.15, 0.2) is 16.8 Å². The van der Waals surface area contributed by atoms with E-state index in [1.54, 1.807) is 14.0 Å². The van der Waals surface area contributed by atoms with Gasteiger partial charge in [-0.1, -0.05) is 57.6 Å². The number of hydrogen-bond acceptors (Lipinski definition) is 2. The summed E-state index contributed by atoms with van der Waals surface area (Å²) < 4.78 is 41.5. The molecule has 0 aromatic rings. The molecule has 1 N–H and O–H groups in total. The lowest BCUT2D eigenvalue weighted by Crippen LogP contribution is -2.31. The van der Waals surface area contributed by atoms with E-state index in [4.69, 9.17) is 0 Å². The SMILES string of the molecule is CCC1(CC2CCCCC2)C=C(C)C(C(F)(F)F)C/C(=N/NC)CCC1C. The number of rotatable bonds is 4. The number of hydrazone groups is 1. The molecule has 0 aliphatic heterocycles. The van der Waals surface area contributed by atoms with E-state index in [2.05, 4.69) is 24.4 Å². The molecule has 2 aliphatic carbocycles. The lowest BCUT2D eigenvalue weighted by molar-refractivity contribution is -0.162. The minimum absolute atomic E-state index is 0.0252. The highest BCUT2D eigenvalue weighted by Crippen LogP contribution is 2.48. The van der Waals surface area contributed by atoms with Gasteiger partial charge in [0.1, 0.15) is 0 Å². The van der Waals surface area contributed by atoms with Crippen molar-refractivity contribution in [3.05, 3.63) is 11.6 Å². The van der Waals surface area contributed by atoms with Crippen LogP contribution in [0.25, 0.3) is 0 Å². The van der Waals surface area contributed by atoms with Crippen molar-refractivity contribution in [2.24, 2.45) is 28.3 Å². The van der Waals surface area contributed by atoms with E-state index >= 15 is 0 Å². The zero-order valence-electron chi connectivity index (χ0n) is 17.5. The molecule has 1 saturated carbocycles. The second-order valence-corrected chi connectivity index (χ2v) is 8.82. The number of nitrogens with one attached hydrogen (secondary N) is 1. The largest absolute Gasteiger partial charge is 0.395 e. The summed E-state index contributed by atoms with van der Waals surface area (Å²) in [7, 11) is 1.66. The lowest BCUT2D eigenvalue weighted by atomic mass is 9.64. The van der Waals surface area contributed by atoms with Crippen LogP contribution in [0, 0.1) is 23.2 Å². The summed E-state index contributed by atoms with van der Waals surface area (Å²) in [4.78, 5) is 0. The molecule has 0 heterocycles. The van der Waals surface area contributed by atoms with Crippen molar-refractivity contribution in [1.29, 1.82) is 0 Å². The molecule has 0 bridgehead atoms. The Balaban J connectivity index is 2.41. The van der Waals surface area contributed by atoms with Crippen LogP contribution in [0.2, 0.25) is 0 Å². The quantitative estimate of drug-likeness (QED) is 0.413. The van der Waals surface area contributed by atoms with Crippen molar-refractivity contribution in [3.8, 4) is 0 Å². The second kappa shape index (κ2) is 9.47. The zero-order chi connectivity index (χ0) is 20.1. The summed E-state index contributed by atoms with van der Waals surface area (Å²) in [5.41, 5.74) is 3.70. The summed E-state index contributed by atoms with van der Waals surface area (Å²) in [5, 5.41) is 4.19. The maximum absolute atomic E-state index is 13.8. The van der Waals surface area contributed by atoms with Crippen LogP contribution < -0.4 is 5.43 Å². The summed E-state index contributed by atoms with van der Waals surface area (Å²) in [6.45, 7) is 6.09. The molecule has 27 heavy (non-hydrogen) atoms. The van der Waals surface area contributed by atoms with Gasteiger partial charge in [-0.05, 0) is 49.9 Å². The van der Waals surface area contributed by atoms with Crippen LogP contribution >= 0.6 is 0 Å². The molecule has 0 aromatic heterocycles. The first-order chi connectivity index (χ1) is 12.7. The molecule has 0 spiro atoms. The van der Waals surface area contributed by atoms with E-state index in [1.807, 2.05) is 6.08 Å². The van der Waals surface area contributed by atoms with Crippen LogP contribution in [0.5, 0.6) is 0 Å². The van der Waals surface area contributed by atoms with Gasteiger partial charge >= 0.3 is 6.18 Å². The Hall–Kier alpha value is -1.00. The third kappa shape index (κ3) is 5.74. The van der Waals surface area contributed by atoms with Gasteiger partial charge in [0.15, 0.2) is 0 Å². The molecule has 3 atom stereocenters. The number of nitrogens with zero attached hydrogens (tertiary/aromatic N) is 1. The smallest absolute Gasteiger partial charge is 0.313 e. The third-order valence-electron chi connectivity index (χ3n) is 7.07. The van der Waals surface area contributed by atoms with Crippen LogP contribution in [-0.4, -0.2) is 18.9 Å². The minimum atomic E-state index is -4.23. The Labute approximate surface area is 163 Å². The predicted octanol–water partition coefficient (Wildman–Crippen LogP) is 6.87. The van der Waals surface area contributed by atoms with Gasteiger partial charge in [-0.3, -0.25) is 0 Å². The van der Waals surface area contributed by atoms with E-state index in [-0.39, 0.29) is 11.8 Å². The summed E-state index contributed by atoms with van der Waals surface area (Å²) in [5.74, 6) is -0.415. The topological polar surface area (TPSA) is 24.4 Å². The normalized spacial score (nSPS) is 33.1. The average molecular weight is 387 g/mol. The highest BCUT2D eigenvalue weighted by molar-refractivity contribution is 5.85. The predicted molar refractivity (Wildman–Crippen MR) is 107 cm³/mol. The molecule has 2 rings (SSSR count). The molecular weight excluding hydrogens is 349 g/mol. The van der Waals surface area contributed by atoms with E-state index in [1.165, 1.54) is 32.1 Å². The van der Waals surface area contributed by atoms with Gasteiger partial charge in [0.05, 0.1) is 5.92 Å². The molecule has 5 heteroatoms. The van der Waals surface area contributed by atoms with Crippen molar-refractivity contribution in [1.82, 2.24) is 5.43 Å². The molecule has 2 aliphatic rings. The molecule has 2 nitrogen and oxygen atoms in total. The Morgan fingerprint density at radius 1 is 1.19 bits per heavy atom. The van der Waals surface area contributed by atoms with Gasteiger partial charge in [0.25, 0.3) is 0 Å². The summed E-state index contributed by atoms with van der Waals surface area (Å²) in [6.07, 6.45) is 7.57. The van der Waals surface area contributed by atoms with Crippen molar-refractivity contribution < 1.29 is 13.2 Å². The lowest BCUT2D eigenvalue weighted by Gasteiger charge is -2.41. The van der Waals surface area contributed by atoms with Crippen LogP contribution in [0.4, 0.5) is 13.2 Å². The number of hydrogen-bond donors (Lipinski definition) is 1. The molecule has 1 fully saturated rings. The van der Waals surface area contributed by atoms with E-state index < -0.39 is 12.1 Å². The Morgan fingerprint density at radius 2 is 1.85 bits per heavy atom. The first-order valence-electron chi connectivity index (χ1n) is 10.7. The highest BCUT2D eigenvalue weighted by atomic mass is 19.4. The number of allylic oxidation sites excluding steroid dienone is 2. The van der Waals surface area contributed by atoms with Gasteiger partial charge in [-0.2, -0.15) is 18.3 Å². The fourth-order valence-corrected chi connectivity index (χ4v) is 5.28. The minimum Gasteiger partial charge on any atom is -0.313 e. The number of alkyl halides is 3. The first-order valence-corrected chi connectivity index (χ1v) is 10.7. The number of halogens is 3. The van der Waals surface area contributed by atoms with Gasteiger partial charge < -0.3 is 5.43 Å². The zero-order valence-corrected chi connectivity index (χ0v) is 17.5. The van der Waals surface area contributed by atoms with Crippen LogP contribution in [0.1, 0.15) is 85.0 Å². The third-order valence-corrected chi connectivity index (χ3v) is 7.07. The van der Waals surface area contributed by atoms with Gasteiger partial charge in [0.2, 0.25) is 0 Å². The maximum atomic E-state index is 13.8. The van der Waals surface area contributed by atoms with Crippen LogP contribution in [0.3, 0.4) is 0 Å². The fraction of sp³-hybridized carbons (Fsp3) is 0.864. The standard InChI is InChI=1S/C22H37F3N2/c1-5-21(15-18-9-7-6-8-10-18)14-16(2)20(22(23,24)25)13-19(27-26-4)12-11-17(21)3/h14,17-18,20,26H,5-13,15H2,1-4H3/b16-14?,27-19+. The van der Waals surface area contributed by atoms with Gasteiger partial charge in [0, 0.05) is 19.2 Å². The average Bonchev–Trinajstić information content (AvgIpc) is 2.66. The van der Waals surface area contributed by atoms with E-state index in [9.17, 15) is 13.2 Å². The van der Waals surface area contributed by atoms with Crippen molar-refractivity contribution >= 4 is 5.71 Å². The molecule has 0 radical (unpaired) electrons. The van der Waals surface area contributed by atoms with Crippen molar-refractivity contribution in [2.75, 3.05) is 7.05 Å². The monoisotopic (exact) mass is 386 g/mol. The molecule has 0 aromatic carbocycles. The fourth-order valence-electron chi connectivity index (χ4n) is 5.28. The highest BCUT2D eigenvalue weighted by Gasteiger charge is 2.44. The van der Waals surface area contributed by atoms with E-state index in [0.29, 0.717) is 29.5 Å². The van der Waals surface area contributed by atoms with Crippen molar-refractivity contribution in [3.63, 3.8) is 0 Å². The Morgan fingerprint density at radius 3 is 2.41 bits per heavy atom. The summed E-state index contributed by atoms with van der Waals surface area (Å²) in [6, 6.07) is 0. The second-order valence-electron chi connectivity index (χ2n) is 8.82. The van der Waals surface area contributed by atoms with Gasteiger partial charge in [-0.25, -0.2) is 0 Å².